The van der Waals surface area contributed by atoms with E-state index in [-0.39, 0.29) is 17.9 Å². The molecule has 0 amide bonds. The van der Waals surface area contributed by atoms with Gasteiger partial charge < -0.3 is 24.4 Å². The summed E-state index contributed by atoms with van der Waals surface area (Å²) < 4.78 is 17.5. The minimum Gasteiger partial charge on any atom is -0.469 e. The Balaban J connectivity index is 1.55. The highest BCUT2D eigenvalue weighted by molar-refractivity contribution is 5.92. The molecule has 2 heterocycles. The molecule has 0 aromatic rings. The van der Waals surface area contributed by atoms with Crippen molar-refractivity contribution in [3.63, 3.8) is 0 Å². The molecule has 8 heteroatoms. The molecule has 2 N–H and O–H groups in total. The lowest BCUT2D eigenvalue weighted by molar-refractivity contribution is -0.182. The second-order valence-corrected chi connectivity index (χ2v) is 11.2. The van der Waals surface area contributed by atoms with Gasteiger partial charge in [-0.3, -0.25) is 14.4 Å². The van der Waals surface area contributed by atoms with E-state index in [0.29, 0.717) is 44.1 Å². The van der Waals surface area contributed by atoms with Crippen LogP contribution in [0.3, 0.4) is 0 Å². The first kappa shape index (κ1) is 20.8. The van der Waals surface area contributed by atoms with Gasteiger partial charge in [-0.15, -0.1) is 0 Å². The standard InChI is InChI=1S/C24H30O8/c1-21-6-4-11(25)8-12(21)19(28)16(20(29)30-3)18-17-13(26)9-23(7-5-15(27)32-23)22(17,2)10-14-24(18,21)31-14/h8,13-14,16-19,26,28H,4-7,9-10H2,1-3H3/t13-,14?,16?,17?,18?,19-,21-,22-,23-,24+/m0/s1. The Bertz CT molecular complexity index is 973. The van der Waals surface area contributed by atoms with Crippen LogP contribution in [0, 0.1) is 28.6 Å². The van der Waals surface area contributed by atoms with E-state index in [2.05, 4.69) is 0 Å². The molecule has 0 aromatic heterocycles. The van der Waals surface area contributed by atoms with Crippen LogP contribution in [0.1, 0.15) is 52.4 Å². The fourth-order valence-corrected chi connectivity index (χ4v) is 8.79. The first-order chi connectivity index (χ1) is 15.0. The lowest BCUT2D eigenvalue weighted by atomic mass is 9.43. The number of hydrogen-bond acceptors (Lipinski definition) is 8. The molecule has 8 nitrogen and oxygen atoms in total. The van der Waals surface area contributed by atoms with E-state index >= 15 is 0 Å². The highest BCUT2D eigenvalue weighted by atomic mass is 16.6. The van der Waals surface area contributed by atoms with Crippen molar-refractivity contribution in [3.05, 3.63) is 11.6 Å². The van der Waals surface area contributed by atoms with E-state index in [1.54, 1.807) is 0 Å². The van der Waals surface area contributed by atoms with Crippen molar-refractivity contribution in [2.24, 2.45) is 28.6 Å². The number of carbonyl (C=O) groups excluding carboxylic acids is 3. The first-order valence-corrected chi connectivity index (χ1v) is 11.6. The molecule has 174 valence electrons. The van der Waals surface area contributed by atoms with E-state index in [1.807, 2.05) is 13.8 Å². The molecule has 5 fully saturated rings. The largest absolute Gasteiger partial charge is 0.469 e. The average molecular weight is 446 g/mol. The topological polar surface area (TPSA) is 123 Å². The first-order valence-electron chi connectivity index (χ1n) is 11.6. The van der Waals surface area contributed by atoms with Gasteiger partial charge in [-0.25, -0.2) is 0 Å². The Morgan fingerprint density at radius 3 is 2.53 bits per heavy atom. The number of rotatable bonds is 1. The lowest BCUT2D eigenvalue weighted by Crippen LogP contribution is -2.67. The Morgan fingerprint density at radius 2 is 1.88 bits per heavy atom. The van der Waals surface area contributed by atoms with E-state index < -0.39 is 58.0 Å². The van der Waals surface area contributed by atoms with Gasteiger partial charge in [0, 0.05) is 41.9 Å². The Hall–Kier alpha value is -1.77. The van der Waals surface area contributed by atoms with Gasteiger partial charge in [0.15, 0.2) is 5.78 Å². The minimum atomic E-state index is -1.20. The van der Waals surface area contributed by atoms with E-state index in [1.165, 1.54) is 13.2 Å². The van der Waals surface area contributed by atoms with E-state index in [4.69, 9.17) is 14.2 Å². The van der Waals surface area contributed by atoms with Gasteiger partial charge in [-0.1, -0.05) is 13.8 Å². The molecular weight excluding hydrogens is 416 g/mol. The molecular formula is C24H30O8. The second-order valence-electron chi connectivity index (χ2n) is 11.2. The van der Waals surface area contributed by atoms with Gasteiger partial charge >= 0.3 is 11.9 Å². The number of fused-ring (bicyclic) bond motifs is 4. The van der Waals surface area contributed by atoms with Crippen LogP contribution in [0.4, 0.5) is 0 Å². The molecule has 10 atom stereocenters. The maximum absolute atomic E-state index is 13.1. The molecule has 2 spiro atoms. The van der Waals surface area contributed by atoms with Gasteiger partial charge in [0.25, 0.3) is 0 Å². The van der Waals surface area contributed by atoms with Crippen LogP contribution in [0.5, 0.6) is 0 Å². The van der Waals surface area contributed by atoms with Crippen LogP contribution in [-0.2, 0) is 28.6 Å². The van der Waals surface area contributed by atoms with Gasteiger partial charge in [-0.2, -0.15) is 0 Å². The predicted molar refractivity (Wildman–Crippen MR) is 108 cm³/mol. The summed E-state index contributed by atoms with van der Waals surface area (Å²) in [7, 11) is 1.29. The molecule has 3 saturated carbocycles. The summed E-state index contributed by atoms with van der Waals surface area (Å²) in [5, 5.41) is 22.9. The molecule has 0 aromatic carbocycles. The van der Waals surface area contributed by atoms with E-state index in [9.17, 15) is 24.6 Å². The van der Waals surface area contributed by atoms with Crippen molar-refractivity contribution < 1.29 is 38.8 Å². The fourth-order valence-electron chi connectivity index (χ4n) is 8.79. The van der Waals surface area contributed by atoms with Gasteiger partial charge in [0.05, 0.1) is 31.3 Å². The smallest absolute Gasteiger partial charge is 0.312 e. The average Bonchev–Trinajstić information content (AvgIpc) is 3.28. The molecule has 0 bridgehead atoms. The lowest BCUT2D eigenvalue weighted by Gasteiger charge is -2.59. The molecule has 6 aliphatic rings. The number of carbonyl (C=O) groups is 3. The van der Waals surface area contributed by atoms with Gasteiger partial charge in [0.2, 0.25) is 0 Å². The maximum Gasteiger partial charge on any atom is 0.312 e. The van der Waals surface area contributed by atoms with Crippen molar-refractivity contribution in [1.29, 1.82) is 0 Å². The Kier molecular flexibility index (Phi) is 3.91. The SMILES string of the molecule is COC(=O)C1C2C3[C@@H](O)C[C@@]4(CCC(=O)O4)[C@@]3(C)CC3O[C@]32[C@@]2(C)CCC(=O)C=C2[C@@H]1O. The van der Waals surface area contributed by atoms with E-state index in [0.717, 1.165) is 0 Å². The van der Waals surface area contributed by atoms with Crippen molar-refractivity contribution in [2.45, 2.75) is 81.9 Å². The van der Waals surface area contributed by atoms with Crippen LogP contribution in [0.15, 0.2) is 11.6 Å². The number of aliphatic hydroxyl groups excluding tert-OH is 2. The van der Waals surface area contributed by atoms with Crippen molar-refractivity contribution >= 4 is 17.7 Å². The van der Waals surface area contributed by atoms with Gasteiger partial charge in [-0.05, 0) is 30.9 Å². The highest BCUT2D eigenvalue weighted by Crippen LogP contribution is 2.78. The summed E-state index contributed by atoms with van der Waals surface area (Å²) >= 11 is 0. The highest BCUT2D eigenvalue weighted by Gasteiger charge is 2.86. The summed E-state index contributed by atoms with van der Waals surface area (Å²) in [6.45, 7) is 4.06. The number of ether oxygens (including phenoxy) is 3. The van der Waals surface area contributed by atoms with Crippen LogP contribution in [0.2, 0.25) is 0 Å². The molecule has 4 aliphatic carbocycles. The van der Waals surface area contributed by atoms with Crippen LogP contribution >= 0.6 is 0 Å². The number of epoxide rings is 1. The van der Waals surface area contributed by atoms with Crippen molar-refractivity contribution in [1.82, 2.24) is 0 Å². The predicted octanol–water partition coefficient (Wildman–Crippen LogP) is 1.07. The fraction of sp³-hybridized carbons (Fsp3) is 0.792. The third-order valence-electron chi connectivity index (χ3n) is 10.2. The third kappa shape index (κ3) is 2.08. The zero-order valence-corrected chi connectivity index (χ0v) is 18.6. The third-order valence-corrected chi connectivity index (χ3v) is 10.2. The van der Waals surface area contributed by atoms with Crippen LogP contribution in [-0.4, -0.2) is 64.6 Å². The van der Waals surface area contributed by atoms with Crippen LogP contribution in [0.25, 0.3) is 0 Å². The molecule has 32 heavy (non-hydrogen) atoms. The second kappa shape index (κ2) is 6.02. The number of hydrogen-bond donors (Lipinski definition) is 2. The monoisotopic (exact) mass is 446 g/mol. The summed E-state index contributed by atoms with van der Waals surface area (Å²) in [5.74, 6) is -2.80. The summed E-state index contributed by atoms with van der Waals surface area (Å²) in [4.78, 5) is 37.5. The van der Waals surface area contributed by atoms with Crippen molar-refractivity contribution in [2.75, 3.05) is 7.11 Å². The zero-order chi connectivity index (χ0) is 22.8. The number of methoxy groups -OCH3 is 1. The quantitative estimate of drug-likeness (QED) is 0.453. The Morgan fingerprint density at radius 1 is 1.12 bits per heavy atom. The molecule has 6 rings (SSSR count). The number of ketones is 1. The molecule has 2 aliphatic heterocycles. The summed E-state index contributed by atoms with van der Waals surface area (Å²) in [6.07, 6.45) is 1.91. The molecule has 2 saturated heterocycles. The molecule has 0 radical (unpaired) electrons. The van der Waals surface area contributed by atoms with Crippen molar-refractivity contribution in [3.8, 4) is 0 Å². The minimum absolute atomic E-state index is 0.0643. The van der Waals surface area contributed by atoms with Crippen LogP contribution < -0.4 is 0 Å². The zero-order valence-electron chi connectivity index (χ0n) is 18.6. The molecule has 4 unspecified atom stereocenters. The maximum atomic E-state index is 13.1. The Labute approximate surface area is 186 Å². The summed E-state index contributed by atoms with van der Waals surface area (Å²) in [6, 6.07) is 0. The number of aliphatic hydroxyl groups is 2. The summed E-state index contributed by atoms with van der Waals surface area (Å²) in [5.41, 5.74) is -2.24. The normalized spacial score (nSPS) is 55.3. The number of esters is 2. The van der Waals surface area contributed by atoms with Gasteiger partial charge in [0.1, 0.15) is 11.2 Å².